The molecule has 3 aromatic carbocycles. The number of fused-ring (bicyclic) bond motifs is 1. The second kappa shape index (κ2) is 17.8. The maximum atomic E-state index is 14.6. The number of urea groups is 1. The number of nitrogens with zero attached hydrogens (tertiary/aromatic N) is 3. The lowest BCUT2D eigenvalue weighted by Crippen LogP contribution is -2.49. The average molecular weight is 712 g/mol. The number of hydrogen-bond donors (Lipinski definition) is 2. The topological polar surface area (TPSA) is 121 Å². The summed E-state index contributed by atoms with van der Waals surface area (Å²) in [6.07, 6.45) is 1.47. The van der Waals surface area contributed by atoms with Crippen molar-refractivity contribution in [1.82, 2.24) is 14.1 Å². The number of halogens is 1. The van der Waals surface area contributed by atoms with Crippen LogP contribution in [-0.4, -0.2) is 100 Å². The van der Waals surface area contributed by atoms with Gasteiger partial charge in [-0.15, -0.1) is 0 Å². The average Bonchev–Trinajstić information content (AvgIpc) is 3.06. The molecule has 0 radical (unpaired) electrons. The van der Waals surface area contributed by atoms with Crippen molar-refractivity contribution in [1.29, 1.82) is 0 Å². The number of para-hydroxylation sites is 1. The maximum absolute atomic E-state index is 14.6. The number of likely N-dealkylation sites (N-methyl/N-ethyl adjacent to an activating group) is 2. The van der Waals surface area contributed by atoms with Crippen LogP contribution in [-0.2, 0) is 14.8 Å². The largest absolute Gasteiger partial charge is 0.490 e. The Bertz CT molecular complexity index is 1680. The minimum atomic E-state index is -3.93. The molecule has 0 aromatic heterocycles. The summed E-state index contributed by atoms with van der Waals surface area (Å²) in [5.74, 6) is -0.686. The Hall–Kier alpha value is -4.04. The first-order valence-corrected chi connectivity index (χ1v) is 18.4. The molecule has 0 aliphatic carbocycles. The van der Waals surface area contributed by atoms with Gasteiger partial charge in [-0.25, -0.2) is 17.6 Å². The van der Waals surface area contributed by atoms with Gasteiger partial charge < -0.3 is 29.9 Å². The van der Waals surface area contributed by atoms with E-state index in [4.69, 9.17) is 9.47 Å². The number of anilines is 2. The molecule has 4 atom stereocenters. The molecule has 0 saturated carbocycles. The molecule has 0 spiro atoms. The first-order valence-electron chi connectivity index (χ1n) is 17.0. The van der Waals surface area contributed by atoms with Gasteiger partial charge in [-0.3, -0.25) is 4.79 Å². The fourth-order valence-electron chi connectivity index (χ4n) is 5.94. The quantitative estimate of drug-likeness (QED) is 0.273. The van der Waals surface area contributed by atoms with E-state index in [0.717, 1.165) is 25.0 Å². The van der Waals surface area contributed by atoms with Gasteiger partial charge in [0.1, 0.15) is 11.6 Å². The van der Waals surface area contributed by atoms with E-state index >= 15 is 0 Å². The summed E-state index contributed by atoms with van der Waals surface area (Å²) in [5, 5.41) is 5.63. The number of nitrogens with one attached hydrogen (secondary N) is 2. The van der Waals surface area contributed by atoms with Gasteiger partial charge >= 0.3 is 6.03 Å². The van der Waals surface area contributed by atoms with Crippen molar-refractivity contribution in [2.45, 2.75) is 63.2 Å². The molecule has 1 unspecified atom stereocenters. The highest BCUT2D eigenvalue weighted by Crippen LogP contribution is 2.29. The molecule has 1 aliphatic rings. The third-order valence-corrected chi connectivity index (χ3v) is 10.5. The van der Waals surface area contributed by atoms with Crippen LogP contribution in [0.2, 0.25) is 0 Å². The van der Waals surface area contributed by atoms with E-state index < -0.39 is 28.0 Å². The summed E-state index contributed by atoms with van der Waals surface area (Å²) in [7, 11) is 1.41. The highest BCUT2D eigenvalue weighted by atomic mass is 32.2. The van der Waals surface area contributed by atoms with Crippen LogP contribution < -0.4 is 15.4 Å². The number of carbonyl (C=O) groups is 2. The predicted octanol–water partition coefficient (Wildman–Crippen LogP) is 6.16. The smallest absolute Gasteiger partial charge is 0.323 e. The van der Waals surface area contributed by atoms with Gasteiger partial charge in [0.25, 0.3) is 5.91 Å². The first kappa shape index (κ1) is 38.8. The molecule has 0 bridgehead atoms. The Kier molecular flexibility index (Phi) is 13.8. The minimum absolute atomic E-state index is 0.0150. The third kappa shape index (κ3) is 10.7. The van der Waals surface area contributed by atoms with Crippen molar-refractivity contribution in [2.75, 3.05) is 58.0 Å². The van der Waals surface area contributed by atoms with Gasteiger partial charge in [0.15, 0.2) is 0 Å². The summed E-state index contributed by atoms with van der Waals surface area (Å²) in [5.41, 5.74) is 1.35. The first-order chi connectivity index (χ1) is 23.7. The normalized spacial score (nSPS) is 20.1. The molecule has 272 valence electrons. The van der Waals surface area contributed by atoms with E-state index in [1.54, 1.807) is 35.2 Å². The Morgan fingerprint density at radius 3 is 2.34 bits per heavy atom. The fourth-order valence-corrected chi connectivity index (χ4v) is 7.13. The highest BCUT2D eigenvalue weighted by Gasteiger charge is 2.33. The van der Waals surface area contributed by atoms with Gasteiger partial charge in [-0.05, 0) is 102 Å². The lowest BCUT2D eigenvalue weighted by molar-refractivity contribution is -0.00686. The molecule has 3 aromatic rings. The summed E-state index contributed by atoms with van der Waals surface area (Å²) < 4.78 is 54.4. The number of rotatable bonds is 9. The zero-order chi connectivity index (χ0) is 36.4. The van der Waals surface area contributed by atoms with Crippen molar-refractivity contribution in [3.63, 3.8) is 0 Å². The molecule has 11 nitrogen and oxygen atoms in total. The molecule has 2 N–H and O–H groups in total. The van der Waals surface area contributed by atoms with Gasteiger partial charge in [-0.2, -0.15) is 4.31 Å². The number of sulfonamides is 1. The van der Waals surface area contributed by atoms with Crippen LogP contribution in [0.5, 0.6) is 5.75 Å². The number of ether oxygens (including phenoxy) is 2. The standard InChI is InChI=1S/C37H50FN5O6S/c1-26-23-43(27(2)24-41(4)5)36(44)33-22-31(40-37(45)39-30-13-8-7-9-14-30)17-20-34(33)49-28(3)12-10-11-21-48-35(26)25-42(6)50(46,47)32-18-15-29(38)16-19-32/h7-9,13-20,22,26-28,35H,10-12,21,23-25H2,1-6H3,(H2,39,40,45)/t26-,27+,28+,35?/m0/s1. The molecule has 13 heteroatoms. The van der Waals surface area contributed by atoms with Crippen molar-refractivity contribution < 1.29 is 31.9 Å². The summed E-state index contributed by atoms with van der Waals surface area (Å²) in [4.78, 5) is 31.2. The molecular formula is C37H50FN5O6S. The van der Waals surface area contributed by atoms with E-state index in [1.807, 2.05) is 58.0 Å². The second-order valence-corrected chi connectivity index (χ2v) is 15.3. The zero-order valence-corrected chi connectivity index (χ0v) is 30.6. The zero-order valence-electron chi connectivity index (χ0n) is 29.8. The molecule has 4 rings (SSSR count). The fraction of sp³-hybridized carbons (Fsp3) is 0.459. The molecule has 50 heavy (non-hydrogen) atoms. The second-order valence-electron chi connectivity index (χ2n) is 13.3. The van der Waals surface area contributed by atoms with Crippen molar-refractivity contribution in [3.05, 3.63) is 84.2 Å². The molecule has 1 aliphatic heterocycles. The Labute approximate surface area is 295 Å². The van der Waals surface area contributed by atoms with Crippen LogP contribution in [0.15, 0.2) is 77.7 Å². The van der Waals surface area contributed by atoms with E-state index in [1.165, 1.54) is 23.5 Å². The Balaban J connectivity index is 1.66. The SMILES string of the molecule is C[C@@H]1CCCCOC(CN(C)S(=O)(=O)c2ccc(F)cc2)[C@@H](C)CN([C@H](C)CN(C)C)C(=O)c2cc(NC(=O)Nc3ccccc3)ccc2O1. The molecule has 3 amide bonds. The van der Waals surface area contributed by atoms with Crippen LogP contribution in [0.25, 0.3) is 0 Å². The van der Waals surface area contributed by atoms with Crippen LogP contribution >= 0.6 is 0 Å². The monoisotopic (exact) mass is 711 g/mol. The van der Waals surface area contributed by atoms with Crippen molar-refractivity contribution in [3.8, 4) is 5.75 Å². The Morgan fingerprint density at radius 2 is 1.66 bits per heavy atom. The van der Waals surface area contributed by atoms with E-state index in [-0.39, 0.29) is 42.0 Å². The molecule has 0 fully saturated rings. The maximum Gasteiger partial charge on any atom is 0.323 e. The highest BCUT2D eigenvalue weighted by molar-refractivity contribution is 7.89. The van der Waals surface area contributed by atoms with Gasteiger partial charge in [0, 0.05) is 56.6 Å². The van der Waals surface area contributed by atoms with Crippen LogP contribution in [0, 0.1) is 11.7 Å². The van der Waals surface area contributed by atoms with Crippen molar-refractivity contribution >= 4 is 33.3 Å². The predicted molar refractivity (Wildman–Crippen MR) is 194 cm³/mol. The van der Waals surface area contributed by atoms with Gasteiger partial charge in [0.05, 0.1) is 22.7 Å². The Morgan fingerprint density at radius 1 is 0.980 bits per heavy atom. The molecule has 1 heterocycles. The van der Waals surface area contributed by atoms with E-state index in [9.17, 15) is 22.4 Å². The van der Waals surface area contributed by atoms with Gasteiger partial charge in [-0.1, -0.05) is 25.1 Å². The minimum Gasteiger partial charge on any atom is -0.490 e. The van der Waals surface area contributed by atoms with Crippen molar-refractivity contribution in [2.24, 2.45) is 5.92 Å². The van der Waals surface area contributed by atoms with Crippen LogP contribution in [0.4, 0.5) is 20.6 Å². The van der Waals surface area contributed by atoms with Crippen LogP contribution in [0.3, 0.4) is 0 Å². The summed E-state index contributed by atoms with van der Waals surface area (Å²) >= 11 is 0. The van der Waals surface area contributed by atoms with Gasteiger partial charge in [0.2, 0.25) is 10.0 Å². The molecule has 0 saturated heterocycles. The molecular weight excluding hydrogens is 662 g/mol. The third-order valence-electron chi connectivity index (χ3n) is 8.67. The van der Waals surface area contributed by atoms with E-state index in [0.29, 0.717) is 42.3 Å². The lowest BCUT2D eigenvalue weighted by Gasteiger charge is -2.37. The summed E-state index contributed by atoms with van der Waals surface area (Å²) in [6.45, 7) is 7.12. The number of hydrogen-bond acceptors (Lipinski definition) is 7. The number of carbonyl (C=O) groups excluding carboxylic acids is 2. The number of benzene rings is 3. The number of amides is 3. The van der Waals surface area contributed by atoms with E-state index in [2.05, 4.69) is 10.6 Å². The van der Waals surface area contributed by atoms with Crippen LogP contribution in [0.1, 0.15) is 50.4 Å². The summed E-state index contributed by atoms with van der Waals surface area (Å²) in [6, 6.07) is 18.1. The lowest BCUT2D eigenvalue weighted by atomic mass is 10.0.